The molecule has 0 saturated heterocycles. The fourth-order valence-electron chi connectivity index (χ4n) is 1.96. The predicted molar refractivity (Wildman–Crippen MR) is 95.1 cm³/mol. The zero-order valence-electron chi connectivity index (χ0n) is 14.0. The SMILES string of the molecule is CCOc1ccc(S(=O)(=O)N/N=C\c2ccccc2OCC(=O)O)cc1. The molecular weight excluding hydrogens is 360 g/mol. The van der Waals surface area contributed by atoms with Crippen molar-refractivity contribution in [2.45, 2.75) is 11.8 Å². The van der Waals surface area contributed by atoms with Crippen LogP contribution in [0.2, 0.25) is 0 Å². The molecule has 0 radical (unpaired) electrons. The van der Waals surface area contributed by atoms with Gasteiger partial charge in [0.05, 0.1) is 17.7 Å². The zero-order chi connectivity index (χ0) is 19.0. The van der Waals surface area contributed by atoms with E-state index in [9.17, 15) is 13.2 Å². The summed E-state index contributed by atoms with van der Waals surface area (Å²) in [6.45, 7) is 1.81. The molecule has 0 aliphatic rings. The molecule has 8 nitrogen and oxygen atoms in total. The molecule has 2 aromatic rings. The van der Waals surface area contributed by atoms with Gasteiger partial charge in [-0.15, -0.1) is 0 Å². The van der Waals surface area contributed by atoms with E-state index in [-0.39, 0.29) is 10.6 Å². The molecule has 0 unspecified atom stereocenters. The first-order valence-corrected chi connectivity index (χ1v) is 9.12. The molecule has 0 heterocycles. The lowest BCUT2D eigenvalue weighted by molar-refractivity contribution is -0.139. The summed E-state index contributed by atoms with van der Waals surface area (Å²) in [6.07, 6.45) is 1.24. The Morgan fingerprint density at radius 2 is 1.85 bits per heavy atom. The lowest BCUT2D eigenvalue weighted by Gasteiger charge is -2.07. The average Bonchev–Trinajstić information content (AvgIpc) is 2.61. The van der Waals surface area contributed by atoms with Crippen molar-refractivity contribution in [3.63, 3.8) is 0 Å². The van der Waals surface area contributed by atoms with Crippen molar-refractivity contribution in [1.29, 1.82) is 0 Å². The summed E-state index contributed by atoms with van der Waals surface area (Å²) < 4.78 is 34.8. The second-order valence-electron chi connectivity index (χ2n) is 4.98. The van der Waals surface area contributed by atoms with E-state index in [0.717, 1.165) is 0 Å². The third kappa shape index (κ3) is 5.49. The van der Waals surface area contributed by atoms with Gasteiger partial charge in [0, 0.05) is 5.56 Å². The Balaban J connectivity index is 2.08. The standard InChI is InChI=1S/C17H18N2O6S/c1-2-24-14-7-9-15(10-8-14)26(22,23)19-18-11-13-5-3-4-6-16(13)25-12-17(20)21/h3-11,19H,2,12H2,1H3,(H,20,21)/b18-11-. The first-order valence-electron chi connectivity index (χ1n) is 7.63. The van der Waals surface area contributed by atoms with Crippen molar-refractivity contribution < 1.29 is 27.8 Å². The minimum Gasteiger partial charge on any atom is -0.494 e. The molecule has 26 heavy (non-hydrogen) atoms. The maximum absolute atomic E-state index is 12.2. The number of benzene rings is 2. The van der Waals surface area contributed by atoms with Gasteiger partial charge in [0.25, 0.3) is 10.0 Å². The van der Waals surface area contributed by atoms with Gasteiger partial charge in [0.1, 0.15) is 11.5 Å². The molecule has 0 saturated carbocycles. The average molecular weight is 378 g/mol. The highest BCUT2D eigenvalue weighted by Crippen LogP contribution is 2.17. The summed E-state index contributed by atoms with van der Waals surface area (Å²) in [5.41, 5.74) is 0.433. The van der Waals surface area contributed by atoms with E-state index >= 15 is 0 Å². The molecule has 0 aliphatic heterocycles. The second-order valence-corrected chi connectivity index (χ2v) is 6.64. The number of carboxylic acids is 1. The topological polar surface area (TPSA) is 114 Å². The van der Waals surface area contributed by atoms with Crippen LogP contribution in [-0.2, 0) is 14.8 Å². The van der Waals surface area contributed by atoms with Gasteiger partial charge >= 0.3 is 5.97 Å². The largest absolute Gasteiger partial charge is 0.494 e. The number of hydrogen-bond acceptors (Lipinski definition) is 6. The summed E-state index contributed by atoms with van der Waals surface area (Å²) in [5, 5.41) is 12.4. The molecule has 2 aromatic carbocycles. The number of carboxylic acid groups (broad SMARTS) is 1. The number of rotatable bonds is 9. The Morgan fingerprint density at radius 3 is 2.50 bits per heavy atom. The number of nitrogens with one attached hydrogen (secondary N) is 1. The van der Waals surface area contributed by atoms with Crippen LogP contribution in [0, 0.1) is 0 Å². The Kier molecular flexibility index (Phi) is 6.56. The normalized spacial score (nSPS) is 11.3. The van der Waals surface area contributed by atoms with E-state index < -0.39 is 22.6 Å². The van der Waals surface area contributed by atoms with Crippen molar-refractivity contribution in [3.05, 3.63) is 54.1 Å². The first-order chi connectivity index (χ1) is 12.4. The maximum atomic E-state index is 12.2. The van der Waals surface area contributed by atoms with Crippen LogP contribution in [0.1, 0.15) is 12.5 Å². The molecule has 0 bridgehead atoms. The highest BCUT2D eigenvalue weighted by atomic mass is 32.2. The second kappa shape index (κ2) is 8.86. The Morgan fingerprint density at radius 1 is 1.15 bits per heavy atom. The molecule has 0 amide bonds. The molecular formula is C17H18N2O6S. The fourth-order valence-corrected chi connectivity index (χ4v) is 2.75. The number of sulfonamides is 1. The van der Waals surface area contributed by atoms with Crippen molar-refractivity contribution in [1.82, 2.24) is 4.83 Å². The Labute approximate surface area is 151 Å². The summed E-state index contributed by atoms with van der Waals surface area (Å²) in [4.78, 5) is 12.7. The quantitative estimate of drug-likeness (QED) is 0.508. The molecule has 0 atom stereocenters. The van der Waals surface area contributed by atoms with Crippen LogP contribution < -0.4 is 14.3 Å². The number of hydrogen-bond donors (Lipinski definition) is 2. The van der Waals surface area contributed by atoms with Crippen LogP contribution in [0.3, 0.4) is 0 Å². The van der Waals surface area contributed by atoms with E-state index in [2.05, 4.69) is 9.93 Å². The van der Waals surface area contributed by atoms with Crippen molar-refractivity contribution in [3.8, 4) is 11.5 Å². The van der Waals surface area contributed by atoms with Gasteiger partial charge in [-0.2, -0.15) is 13.5 Å². The molecule has 0 aromatic heterocycles. The number of nitrogens with zero attached hydrogens (tertiary/aromatic N) is 1. The van der Waals surface area contributed by atoms with Crippen molar-refractivity contribution in [2.24, 2.45) is 5.10 Å². The summed E-state index contributed by atoms with van der Waals surface area (Å²) >= 11 is 0. The van der Waals surface area contributed by atoms with E-state index in [1.54, 1.807) is 36.4 Å². The van der Waals surface area contributed by atoms with Crippen molar-refractivity contribution >= 4 is 22.2 Å². The molecule has 138 valence electrons. The molecule has 2 N–H and O–H groups in total. The Bertz CT molecular complexity index is 878. The summed E-state index contributed by atoms with van der Waals surface area (Å²) in [6, 6.07) is 12.5. The molecule has 9 heteroatoms. The minimum atomic E-state index is -3.84. The maximum Gasteiger partial charge on any atom is 0.341 e. The van der Waals surface area contributed by atoms with Crippen LogP contribution in [0.15, 0.2) is 58.5 Å². The Hall–Kier alpha value is -3.07. The van der Waals surface area contributed by atoms with Crippen LogP contribution in [0.4, 0.5) is 0 Å². The summed E-state index contributed by atoms with van der Waals surface area (Å²) in [5.74, 6) is -0.272. The van der Waals surface area contributed by atoms with Crippen LogP contribution >= 0.6 is 0 Å². The highest BCUT2D eigenvalue weighted by Gasteiger charge is 2.12. The van der Waals surface area contributed by atoms with Gasteiger partial charge in [-0.3, -0.25) is 0 Å². The van der Waals surface area contributed by atoms with E-state index in [1.165, 1.54) is 18.3 Å². The number of aliphatic carboxylic acids is 1. The van der Waals surface area contributed by atoms with Crippen LogP contribution in [0.5, 0.6) is 11.5 Å². The van der Waals surface area contributed by atoms with E-state index in [1.807, 2.05) is 6.92 Å². The molecule has 0 spiro atoms. The molecule has 2 rings (SSSR count). The van der Waals surface area contributed by atoms with Gasteiger partial charge < -0.3 is 14.6 Å². The van der Waals surface area contributed by atoms with Gasteiger partial charge in [-0.25, -0.2) is 9.63 Å². The third-order valence-electron chi connectivity index (χ3n) is 3.09. The van der Waals surface area contributed by atoms with E-state index in [0.29, 0.717) is 17.9 Å². The van der Waals surface area contributed by atoms with Gasteiger partial charge in [-0.1, -0.05) is 12.1 Å². The molecule has 0 fully saturated rings. The van der Waals surface area contributed by atoms with Crippen LogP contribution in [0.25, 0.3) is 0 Å². The number of carbonyl (C=O) groups is 1. The zero-order valence-corrected chi connectivity index (χ0v) is 14.8. The number of para-hydroxylation sites is 1. The lowest BCUT2D eigenvalue weighted by Crippen LogP contribution is -2.18. The smallest absolute Gasteiger partial charge is 0.341 e. The van der Waals surface area contributed by atoms with E-state index in [4.69, 9.17) is 14.6 Å². The van der Waals surface area contributed by atoms with Gasteiger partial charge in [0.15, 0.2) is 6.61 Å². The predicted octanol–water partition coefficient (Wildman–Crippen LogP) is 1.86. The van der Waals surface area contributed by atoms with Gasteiger partial charge in [-0.05, 0) is 43.3 Å². The summed E-state index contributed by atoms with van der Waals surface area (Å²) in [7, 11) is -3.84. The van der Waals surface area contributed by atoms with Gasteiger partial charge in [0.2, 0.25) is 0 Å². The van der Waals surface area contributed by atoms with Crippen LogP contribution in [-0.4, -0.2) is 38.9 Å². The number of ether oxygens (including phenoxy) is 2. The lowest BCUT2D eigenvalue weighted by atomic mass is 10.2. The highest BCUT2D eigenvalue weighted by molar-refractivity contribution is 7.89. The molecule has 0 aliphatic carbocycles. The third-order valence-corrected chi connectivity index (χ3v) is 4.33. The monoisotopic (exact) mass is 378 g/mol. The fraction of sp³-hybridized carbons (Fsp3) is 0.176. The van der Waals surface area contributed by atoms with Crippen molar-refractivity contribution in [2.75, 3.05) is 13.2 Å². The number of hydrazone groups is 1. The first kappa shape index (κ1) is 19.3. The minimum absolute atomic E-state index is 0.0357.